The van der Waals surface area contributed by atoms with Crippen LogP contribution in [0, 0.1) is 5.92 Å². The van der Waals surface area contributed by atoms with Crippen LogP contribution in [0.25, 0.3) is 0 Å². The molecule has 0 unspecified atom stereocenters. The molecule has 0 saturated carbocycles. The number of carbonyl (C=O) groups excluding carboxylic acids is 2. The minimum absolute atomic E-state index is 0.239. The summed E-state index contributed by atoms with van der Waals surface area (Å²) in [6.07, 6.45) is 5.72. The maximum Gasteiger partial charge on any atom is 0.338 e. The largest absolute Gasteiger partial charge is 0.482 e. The number of hydrogen-bond acceptors (Lipinski definition) is 7. The van der Waals surface area contributed by atoms with E-state index in [-0.39, 0.29) is 42.1 Å². The molecule has 6 rings (SSSR count). The van der Waals surface area contributed by atoms with Gasteiger partial charge in [-0.25, -0.2) is 4.79 Å². The summed E-state index contributed by atoms with van der Waals surface area (Å²) in [6.45, 7) is 2.63. The zero-order valence-electron chi connectivity index (χ0n) is 20.2. The van der Waals surface area contributed by atoms with Gasteiger partial charge >= 0.3 is 11.9 Å². The average Bonchev–Trinajstić information content (AvgIpc) is 3.21. The molecule has 4 aliphatic rings. The Hall–Kier alpha value is -3.16. The number of esters is 2. The van der Waals surface area contributed by atoms with Crippen LogP contribution >= 0.6 is 0 Å². The highest BCUT2D eigenvalue weighted by molar-refractivity contribution is 5.90. The van der Waals surface area contributed by atoms with Gasteiger partial charge in [0.25, 0.3) is 0 Å². The Bertz CT molecular complexity index is 1240. The molecule has 2 heterocycles. The molecule has 2 bridgehead atoms. The lowest BCUT2D eigenvalue weighted by Crippen LogP contribution is -2.65. The van der Waals surface area contributed by atoms with E-state index in [1.807, 2.05) is 24.3 Å². The van der Waals surface area contributed by atoms with Crippen LogP contribution in [0.1, 0.15) is 40.4 Å². The summed E-state index contributed by atoms with van der Waals surface area (Å²) in [5.74, 6) is 0.701. The molecule has 2 aliphatic heterocycles. The third-order valence-corrected chi connectivity index (χ3v) is 8.22. The Labute approximate surface area is 204 Å². The van der Waals surface area contributed by atoms with Gasteiger partial charge in [-0.15, -0.1) is 0 Å². The van der Waals surface area contributed by atoms with Gasteiger partial charge in [0.2, 0.25) is 0 Å². The number of benzene rings is 2. The zero-order valence-corrected chi connectivity index (χ0v) is 20.2. The van der Waals surface area contributed by atoms with Crippen molar-refractivity contribution in [2.75, 3.05) is 20.7 Å². The molecule has 2 aromatic rings. The maximum atomic E-state index is 12.2. The lowest BCUT2D eigenvalue weighted by molar-refractivity contribution is -0.132. The van der Waals surface area contributed by atoms with E-state index < -0.39 is 0 Å². The molecule has 2 aliphatic carbocycles. The number of likely N-dealkylation sites (tertiary alicyclic amines) is 1. The van der Waals surface area contributed by atoms with Crippen LogP contribution in [-0.4, -0.2) is 55.8 Å². The summed E-state index contributed by atoms with van der Waals surface area (Å²) >= 11 is 0. The maximum absolute atomic E-state index is 12.2. The van der Waals surface area contributed by atoms with Crippen LogP contribution in [0.2, 0.25) is 0 Å². The van der Waals surface area contributed by atoms with E-state index in [0.29, 0.717) is 23.1 Å². The number of rotatable bonds is 5. The van der Waals surface area contributed by atoms with Crippen molar-refractivity contribution in [2.45, 2.75) is 50.0 Å². The van der Waals surface area contributed by atoms with Crippen molar-refractivity contribution in [3.63, 3.8) is 0 Å². The first-order valence-corrected chi connectivity index (χ1v) is 12.1. The van der Waals surface area contributed by atoms with Crippen molar-refractivity contribution in [1.82, 2.24) is 4.90 Å². The Morgan fingerprint density at radius 2 is 2.00 bits per heavy atom. The fourth-order valence-corrected chi connectivity index (χ4v) is 6.73. The van der Waals surface area contributed by atoms with E-state index in [2.05, 4.69) is 30.2 Å². The van der Waals surface area contributed by atoms with Crippen LogP contribution in [0.3, 0.4) is 0 Å². The predicted molar refractivity (Wildman–Crippen MR) is 128 cm³/mol. The second-order valence-electron chi connectivity index (χ2n) is 9.94. The number of ether oxygens (including phenoxy) is 4. The van der Waals surface area contributed by atoms with Crippen molar-refractivity contribution in [1.29, 1.82) is 0 Å². The van der Waals surface area contributed by atoms with E-state index in [4.69, 9.17) is 18.9 Å². The molecule has 1 fully saturated rings. The second-order valence-corrected chi connectivity index (χ2v) is 9.94. The van der Waals surface area contributed by atoms with Gasteiger partial charge in [0.1, 0.15) is 12.2 Å². The normalized spacial score (nSPS) is 29.8. The van der Waals surface area contributed by atoms with Gasteiger partial charge in [0.05, 0.1) is 19.3 Å². The molecule has 182 valence electrons. The molecular weight excluding hydrogens is 446 g/mol. The number of likely N-dealkylation sites (N-methyl/N-ethyl adjacent to an activating group) is 1. The highest BCUT2D eigenvalue weighted by Crippen LogP contribution is 2.62. The molecule has 0 aromatic heterocycles. The Kier molecular flexibility index (Phi) is 5.23. The minimum atomic E-state index is -0.382. The number of nitrogens with zero attached hydrogens (tertiary/aromatic N) is 1. The Morgan fingerprint density at radius 3 is 2.80 bits per heavy atom. The third-order valence-electron chi connectivity index (χ3n) is 8.22. The number of hydrogen-bond donors (Lipinski definition) is 0. The highest BCUT2D eigenvalue weighted by atomic mass is 16.6. The van der Waals surface area contributed by atoms with Crippen molar-refractivity contribution in [3.8, 4) is 11.5 Å². The molecule has 7 nitrogen and oxygen atoms in total. The minimum Gasteiger partial charge on any atom is -0.482 e. The number of carbonyl (C=O) groups is 2. The topological polar surface area (TPSA) is 74.3 Å². The fraction of sp³-hybridized carbons (Fsp3) is 0.429. The van der Waals surface area contributed by atoms with Gasteiger partial charge in [0, 0.05) is 29.9 Å². The summed E-state index contributed by atoms with van der Waals surface area (Å²) in [5.41, 5.74) is 3.48. The fourth-order valence-electron chi connectivity index (χ4n) is 6.73. The van der Waals surface area contributed by atoms with E-state index in [9.17, 15) is 9.59 Å². The molecule has 35 heavy (non-hydrogen) atoms. The molecule has 7 heteroatoms. The van der Waals surface area contributed by atoms with Gasteiger partial charge in [-0.2, -0.15) is 0 Å². The van der Waals surface area contributed by atoms with Gasteiger partial charge in [-0.1, -0.05) is 36.4 Å². The number of piperidine rings is 1. The Balaban J connectivity index is 1.39. The van der Waals surface area contributed by atoms with Crippen molar-refractivity contribution in [3.05, 3.63) is 70.8 Å². The lowest BCUT2D eigenvalue weighted by Gasteiger charge is -2.56. The summed E-state index contributed by atoms with van der Waals surface area (Å²) in [7, 11) is 3.58. The second kappa shape index (κ2) is 8.21. The third kappa shape index (κ3) is 3.25. The van der Waals surface area contributed by atoms with Gasteiger partial charge < -0.3 is 23.8 Å². The van der Waals surface area contributed by atoms with Crippen molar-refractivity contribution >= 4 is 11.9 Å². The molecule has 0 amide bonds. The summed E-state index contributed by atoms with van der Waals surface area (Å²) in [5, 5.41) is 0. The van der Waals surface area contributed by atoms with E-state index in [0.717, 1.165) is 24.9 Å². The van der Waals surface area contributed by atoms with E-state index in [1.165, 1.54) is 25.2 Å². The average molecular weight is 476 g/mol. The van der Waals surface area contributed by atoms with Crippen LogP contribution < -0.4 is 9.47 Å². The zero-order chi connectivity index (χ0) is 24.3. The molecule has 2 aromatic carbocycles. The summed E-state index contributed by atoms with van der Waals surface area (Å²) in [6, 6.07) is 11.7. The van der Waals surface area contributed by atoms with Gasteiger partial charge in [-0.05, 0) is 49.7 Å². The predicted octanol–water partition coefficient (Wildman–Crippen LogP) is 3.43. The van der Waals surface area contributed by atoms with Crippen molar-refractivity contribution < 1.29 is 28.5 Å². The van der Waals surface area contributed by atoms with Crippen LogP contribution in [-0.2, 0) is 32.7 Å². The summed E-state index contributed by atoms with van der Waals surface area (Å²) in [4.78, 5) is 26.5. The first kappa shape index (κ1) is 22.3. The monoisotopic (exact) mass is 475 g/mol. The molecule has 1 spiro atoms. The standard InChI is InChI=1S/C28H29NO6/c1-16(30)34-22-10-8-17-14-21-20-9-11-23(33-15-18-6-4-5-7-19(18)27(31)32-3)26-28(20,12-13-29(21)2)24(17)25(22)35-26/h4-11,20-21,23,26H,12-15H2,1-3H3/t20-,21+,23-,26-,28-/m0/s1. The molecule has 5 atom stereocenters. The lowest BCUT2D eigenvalue weighted by atomic mass is 9.53. The number of methoxy groups -OCH3 is 1. The van der Waals surface area contributed by atoms with Gasteiger partial charge in [-0.3, -0.25) is 4.79 Å². The first-order chi connectivity index (χ1) is 16.9. The molecule has 1 saturated heterocycles. The van der Waals surface area contributed by atoms with Crippen LogP contribution in [0.5, 0.6) is 11.5 Å². The van der Waals surface area contributed by atoms with Crippen LogP contribution in [0.4, 0.5) is 0 Å². The van der Waals surface area contributed by atoms with Gasteiger partial charge in [0.15, 0.2) is 11.5 Å². The van der Waals surface area contributed by atoms with E-state index >= 15 is 0 Å². The van der Waals surface area contributed by atoms with Crippen molar-refractivity contribution in [2.24, 2.45) is 5.92 Å². The molecular formula is C28H29NO6. The quantitative estimate of drug-likeness (QED) is 0.373. The molecule has 0 N–H and O–H groups in total. The smallest absolute Gasteiger partial charge is 0.338 e. The highest BCUT2D eigenvalue weighted by Gasteiger charge is 2.64. The van der Waals surface area contributed by atoms with E-state index in [1.54, 1.807) is 6.07 Å². The summed E-state index contributed by atoms with van der Waals surface area (Å²) < 4.78 is 23.6. The SMILES string of the molecule is COC(=O)c1ccccc1CO[C@H]1C=C[C@H]2[C@H]3Cc4ccc(OC(C)=O)c5c4[C@@]2(CCN3C)[C@H]1O5. The molecule has 0 radical (unpaired) electrons. The Morgan fingerprint density at radius 1 is 1.17 bits per heavy atom. The van der Waals surface area contributed by atoms with Crippen LogP contribution in [0.15, 0.2) is 48.6 Å². The first-order valence-electron chi connectivity index (χ1n) is 12.1.